The van der Waals surface area contributed by atoms with Gasteiger partial charge >= 0.3 is 0 Å². The predicted octanol–water partition coefficient (Wildman–Crippen LogP) is 5.89. The van der Waals surface area contributed by atoms with Gasteiger partial charge in [0.05, 0.1) is 47.3 Å². The number of pyridine rings is 1. The number of ether oxygens (including phenoxy) is 2. The Balaban J connectivity index is 1.39. The molecule has 0 spiro atoms. The highest BCUT2D eigenvalue weighted by Crippen LogP contribution is 2.34. The van der Waals surface area contributed by atoms with E-state index in [2.05, 4.69) is 4.90 Å². The molecule has 3 aromatic carbocycles. The number of para-hydroxylation sites is 1. The average molecular weight is 539 g/mol. The first kappa shape index (κ1) is 25.4. The largest absolute Gasteiger partial charge is 0.497 e. The van der Waals surface area contributed by atoms with Crippen LogP contribution in [0, 0.1) is 0 Å². The fourth-order valence-electron chi connectivity index (χ4n) is 4.95. The summed E-state index contributed by atoms with van der Waals surface area (Å²) in [5.41, 5.74) is 4.03. The standard InChI is InChI=1S/C31H30N4O3S/c1-37-23-12-13-27-29(20-23)39-31(33-27)35(15-7-14-34-16-18-38-19-17-34)30(36)25-21-28(22-8-3-2-4-9-22)32-26-11-6-5-10-24(25)26/h2-6,8-13,20-21H,7,14-19H2,1H3. The van der Waals surface area contributed by atoms with Gasteiger partial charge in [0.2, 0.25) is 0 Å². The van der Waals surface area contributed by atoms with Crippen molar-refractivity contribution < 1.29 is 14.3 Å². The number of benzene rings is 3. The van der Waals surface area contributed by atoms with Gasteiger partial charge in [-0.15, -0.1) is 0 Å². The van der Waals surface area contributed by atoms with Gasteiger partial charge in [-0.25, -0.2) is 9.97 Å². The lowest BCUT2D eigenvalue weighted by Crippen LogP contribution is -2.39. The van der Waals surface area contributed by atoms with E-state index < -0.39 is 0 Å². The molecular formula is C31H30N4O3S. The molecule has 39 heavy (non-hydrogen) atoms. The molecule has 0 saturated carbocycles. The molecule has 0 atom stereocenters. The predicted molar refractivity (Wildman–Crippen MR) is 157 cm³/mol. The minimum atomic E-state index is -0.0706. The van der Waals surface area contributed by atoms with Crippen LogP contribution in [0.15, 0.2) is 78.9 Å². The number of morpholine rings is 1. The van der Waals surface area contributed by atoms with E-state index in [1.807, 2.05) is 83.8 Å². The number of hydrogen-bond acceptors (Lipinski definition) is 7. The number of nitrogens with zero attached hydrogens (tertiary/aromatic N) is 4. The SMILES string of the molecule is COc1ccc2nc(N(CCCN3CCOCC3)C(=O)c3cc(-c4ccccc4)nc4ccccc34)sc2c1. The molecule has 1 amide bonds. The van der Waals surface area contributed by atoms with Crippen LogP contribution in [0.4, 0.5) is 5.13 Å². The van der Waals surface area contributed by atoms with E-state index in [9.17, 15) is 4.79 Å². The summed E-state index contributed by atoms with van der Waals surface area (Å²) in [6.07, 6.45) is 0.833. The molecule has 0 N–H and O–H groups in total. The minimum Gasteiger partial charge on any atom is -0.497 e. The number of methoxy groups -OCH3 is 1. The molecule has 1 fully saturated rings. The van der Waals surface area contributed by atoms with Crippen LogP contribution < -0.4 is 9.64 Å². The van der Waals surface area contributed by atoms with Gasteiger partial charge in [0, 0.05) is 37.1 Å². The second-order valence-corrected chi connectivity index (χ2v) is 10.5. The van der Waals surface area contributed by atoms with Gasteiger partial charge < -0.3 is 9.47 Å². The van der Waals surface area contributed by atoms with Gasteiger partial charge in [-0.2, -0.15) is 0 Å². The molecule has 0 aliphatic carbocycles. The zero-order chi connectivity index (χ0) is 26.6. The van der Waals surface area contributed by atoms with Gasteiger partial charge in [0.15, 0.2) is 5.13 Å². The topological polar surface area (TPSA) is 67.8 Å². The van der Waals surface area contributed by atoms with E-state index in [1.165, 1.54) is 11.3 Å². The van der Waals surface area contributed by atoms with Crippen LogP contribution in [0.3, 0.4) is 0 Å². The Bertz CT molecular complexity index is 1600. The number of rotatable bonds is 8. The molecule has 3 heterocycles. The maximum Gasteiger partial charge on any atom is 0.260 e. The van der Waals surface area contributed by atoms with Crippen molar-refractivity contribution in [2.45, 2.75) is 6.42 Å². The Morgan fingerprint density at radius 1 is 0.974 bits per heavy atom. The molecule has 2 aromatic heterocycles. The van der Waals surface area contributed by atoms with Crippen molar-refractivity contribution in [1.29, 1.82) is 0 Å². The van der Waals surface area contributed by atoms with Crippen molar-refractivity contribution in [3.8, 4) is 17.0 Å². The van der Waals surface area contributed by atoms with Crippen LogP contribution in [-0.4, -0.2) is 67.3 Å². The molecule has 0 unspecified atom stereocenters. The summed E-state index contributed by atoms with van der Waals surface area (Å²) in [7, 11) is 1.66. The van der Waals surface area contributed by atoms with Crippen molar-refractivity contribution >= 4 is 43.5 Å². The number of carbonyl (C=O) groups is 1. The van der Waals surface area contributed by atoms with Crippen LogP contribution in [0.1, 0.15) is 16.8 Å². The highest BCUT2D eigenvalue weighted by molar-refractivity contribution is 7.22. The Labute approximate surface area is 231 Å². The van der Waals surface area contributed by atoms with Crippen LogP contribution in [0.25, 0.3) is 32.4 Å². The van der Waals surface area contributed by atoms with E-state index in [1.54, 1.807) is 7.11 Å². The number of hydrogen-bond donors (Lipinski definition) is 0. The second-order valence-electron chi connectivity index (χ2n) is 9.53. The quantitative estimate of drug-likeness (QED) is 0.245. The van der Waals surface area contributed by atoms with Crippen LogP contribution in [0.2, 0.25) is 0 Å². The highest BCUT2D eigenvalue weighted by atomic mass is 32.1. The van der Waals surface area contributed by atoms with Crippen molar-refractivity contribution in [1.82, 2.24) is 14.9 Å². The summed E-state index contributed by atoms with van der Waals surface area (Å²) in [5, 5.41) is 1.52. The fraction of sp³-hybridized carbons (Fsp3) is 0.258. The third-order valence-corrected chi connectivity index (χ3v) is 8.08. The molecule has 1 aliphatic rings. The normalized spacial score (nSPS) is 14.1. The minimum absolute atomic E-state index is 0.0706. The number of amides is 1. The van der Waals surface area contributed by atoms with Gasteiger partial charge in [0.25, 0.3) is 5.91 Å². The zero-order valence-electron chi connectivity index (χ0n) is 21.9. The van der Waals surface area contributed by atoms with Gasteiger partial charge in [-0.1, -0.05) is 59.9 Å². The number of thiazole rings is 1. The fourth-order valence-corrected chi connectivity index (χ4v) is 5.97. The van der Waals surface area contributed by atoms with Crippen LogP contribution in [-0.2, 0) is 4.74 Å². The lowest BCUT2D eigenvalue weighted by molar-refractivity contribution is 0.0376. The first-order valence-electron chi connectivity index (χ1n) is 13.2. The highest BCUT2D eigenvalue weighted by Gasteiger charge is 2.25. The molecule has 1 saturated heterocycles. The van der Waals surface area contributed by atoms with Crippen molar-refractivity contribution in [2.24, 2.45) is 0 Å². The first-order valence-corrected chi connectivity index (χ1v) is 14.0. The Morgan fingerprint density at radius 3 is 2.59 bits per heavy atom. The molecule has 0 radical (unpaired) electrons. The van der Waals surface area contributed by atoms with E-state index in [0.717, 1.165) is 77.4 Å². The molecule has 1 aliphatic heterocycles. The Kier molecular flexibility index (Phi) is 7.49. The average Bonchev–Trinajstić information content (AvgIpc) is 3.42. The Hall–Kier alpha value is -3.85. The first-order chi connectivity index (χ1) is 19.2. The molecular weight excluding hydrogens is 508 g/mol. The molecule has 8 heteroatoms. The van der Waals surface area contributed by atoms with Gasteiger partial charge in [-0.05, 0) is 36.8 Å². The molecule has 198 valence electrons. The van der Waals surface area contributed by atoms with E-state index in [-0.39, 0.29) is 5.91 Å². The summed E-state index contributed by atoms with van der Waals surface area (Å²) in [6, 6.07) is 25.6. The molecule has 7 nitrogen and oxygen atoms in total. The zero-order valence-corrected chi connectivity index (χ0v) is 22.7. The third kappa shape index (κ3) is 5.49. The summed E-state index contributed by atoms with van der Waals surface area (Å²) in [4.78, 5) is 28.4. The molecule has 0 bridgehead atoms. The number of anilines is 1. The summed E-state index contributed by atoms with van der Waals surface area (Å²) >= 11 is 1.51. The monoisotopic (exact) mass is 538 g/mol. The van der Waals surface area contributed by atoms with Crippen molar-refractivity contribution in [3.05, 3.63) is 84.4 Å². The lowest BCUT2D eigenvalue weighted by atomic mass is 10.0. The number of aromatic nitrogens is 2. The summed E-state index contributed by atoms with van der Waals surface area (Å²) in [5.74, 6) is 0.703. The Morgan fingerprint density at radius 2 is 1.77 bits per heavy atom. The molecule has 5 aromatic rings. The maximum atomic E-state index is 14.4. The summed E-state index contributed by atoms with van der Waals surface area (Å²) < 4.78 is 11.9. The van der Waals surface area contributed by atoms with Crippen molar-refractivity contribution in [2.75, 3.05) is 51.4 Å². The van der Waals surface area contributed by atoms with E-state index >= 15 is 0 Å². The number of carbonyl (C=O) groups excluding carboxylic acids is 1. The number of fused-ring (bicyclic) bond motifs is 2. The van der Waals surface area contributed by atoms with Crippen LogP contribution >= 0.6 is 11.3 Å². The van der Waals surface area contributed by atoms with E-state index in [0.29, 0.717) is 17.2 Å². The van der Waals surface area contributed by atoms with Crippen molar-refractivity contribution in [3.63, 3.8) is 0 Å². The summed E-state index contributed by atoms with van der Waals surface area (Å²) in [6.45, 7) is 4.82. The third-order valence-electron chi connectivity index (χ3n) is 7.04. The second kappa shape index (κ2) is 11.5. The maximum absolute atomic E-state index is 14.4. The molecule has 6 rings (SSSR count). The van der Waals surface area contributed by atoms with E-state index in [4.69, 9.17) is 19.4 Å². The van der Waals surface area contributed by atoms with Gasteiger partial charge in [-0.3, -0.25) is 14.6 Å². The lowest BCUT2D eigenvalue weighted by Gasteiger charge is -2.28. The van der Waals surface area contributed by atoms with Crippen LogP contribution in [0.5, 0.6) is 5.75 Å². The smallest absolute Gasteiger partial charge is 0.260 e. The van der Waals surface area contributed by atoms with Gasteiger partial charge in [0.1, 0.15) is 5.75 Å².